The van der Waals surface area contributed by atoms with Gasteiger partial charge in [-0.1, -0.05) is 12.1 Å². The predicted octanol–water partition coefficient (Wildman–Crippen LogP) is 3.81. The molecule has 0 aliphatic carbocycles. The maximum atomic E-state index is 12.9. The lowest BCUT2D eigenvalue weighted by Crippen LogP contribution is -2.22. The lowest BCUT2D eigenvalue weighted by atomic mass is 10.1. The molecule has 0 saturated carbocycles. The van der Waals surface area contributed by atoms with Crippen molar-refractivity contribution in [3.63, 3.8) is 0 Å². The van der Waals surface area contributed by atoms with Crippen LogP contribution in [0.5, 0.6) is 0 Å². The van der Waals surface area contributed by atoms with Gasteiger partial charge in [-0.25, -0.2) is 4.39 Å². The number of hydrogen-bond donors (Lipinski definition) is 1. The van der Waals surface area contributed by atoms with E-state index in [2.05, 4.69) is 4.98 Å². The molecule has 0 bridgehead atoms. The molecule has 0 amide bonds. The maximum absolute atomic E-state index is 12.9. The van der Waals surface area contributed by atoms with Gasteiger partial charge in [-0.15, -0.1) is 11.3 Å². The molecule has 0 radical (unpaired) electrons. The van der Waals surface area contributed by atoms with E-state index in [1.807, 2.05) is 13.0 Å². The zero-order valence-corrected chi connectivity index (χ0v) is 13.0. The topological polar surface area (TPSA) is 37.8 Å². The van der Waals surface area contributed by atoms with E-state index >= 15 is 0 Å². The third-order valence-corrected chi connectivity index (χ3v) is 4.62. The van der Waals surface area contributed by atoms with Crippen LogP contribution in [0.1, 0.15) is 10.4 Å². The SMILES string of the molecule is Cc1cc2c(=O)n(CCc3ccc(F)cc3)c(=S)[nH]c2s1. The van der Waals surface area contributed by atoms with E-state index < -0.39 is 0 Å². The fraction of sp³-hybridized carbons (Fsp3) is 0.200. The van der Waals surface area contributed by atoms with Crippen molar-refractivity contribution in [3.8, 4) is 0 Å². The van der Waals surface area contributed by atoms with Gasteiger partial charge in [0.05, 0.1) is 5.39 Å². The van der Waals surface area contributed by atoms with Crippen LogP contribution >= 0.6 is 23.6 Å². The smallest absolute Gasteiger partial charge is 0.263 e. The second kappa shape index (κ2) is 5.54. The number of rotatable bonds is 3. The Hall–Kier alpha value is -1.79. The Morgan fingerprint density at radius 1 is 1.33 bits per heavy atom. The van der Waals surface area contributed by atoms with Crippen molar-refractivity contribution in [1.29, 1.82) is 0 Å². The molecule has 2 aromatic heterocycles. The number of benzene rings is 1. The molecule has 0 fully saturated rings. The minimum absolute atomic E-state index is 0.0692. The summed E-state index contributed by atoms with van der Waals surface area (Å²) in [6, 6.07) is 8.16. The normalized spacial score (nSPS) is 11.1. The monoisotopic (exact) mass is 320 g/mol. The molecule has 3 nitrogen and oxygen atoms in total. The molecular formula is C15H13FN2OS2. The average Bonchev–Trinajstić information content (AvgIpc) is 2.81. The first-order chi connectivity index (χ1) is 10.0. The standard InChI is InChI=1S/C15H13FN2OS2/c1-9-8-12-13(21-9)17-15(20)18(14(12)19)7-6-10-2-4-11(16)5-3-10/h2-5,8H,6-7H2,1H3,(H,17,20). The van der Waals surface area contributed by atoms with Gasteiger partial charge in [0.15, 0.2) is 4.77 Å². The van der Waals surface area contributed by atoms with Crippen LogP contribution < -0.4 is 5.56 Å². The highest BCUT2D eigenvalue weighted by Gasteiger charge is 2.08. The first-order valence-corrected chi connectivity index (χ1v) is 7.75. The number of nitrogens with zero attached hydrogens (tertiary/aromatic N) is 1. The second-order valence-electron chi connectivity index (χ2n) is 4.86. The lowest BCUT2D eigenvalue weighted by Gasteiger charge is -2.06. The third kappa shape index (κ3) is 2.82. The van der Waals surface area contributed by atoms with Crippen LogP contribution in [0, 0.1) is 17.5 Å². The summed E-state index contributed by atoms with van der Waals surface area (Å²) < 4.78 is 14.9. The molecule has 3 rings (SSSR count). The molecule has 0 aliphatic rings. The van der Waals surface area contributed by atoms with E-state index in [-0.39, 0.29) is 11.4 Å². The highest BCUT2D eigenvalue weighted by molar-refractivity contribution is 7.71. The number of thiophene rings is 1. The summed E-state index contributed by atoms with van der Waals surface area (Å²) >= 11 is 6.79. The molecule has 1 N–H and O–H groups in total. The van der Waals surface area contributed by atoms with Gasteiger partial charge in [0.2, 0.25) is 0 Å². The lowest BCUT2D eigenvalue weighted by molar-refractivity contribution is 0.623. The summed E-state index contributed by atoms with van der Waals surface area (Å²) in [5.74, 6) is -0.261. The molecule has 2 heterocycles. The molecular weight excluding hydrogens is 307 g/mol. The number of aromatic amines is 1. The molecule has 6 heteroatoms. The number of H-pyrrole nitrogens is 1. The molecule has 0 atom stereocenters. The number of aromatic nitrogens is 2. The molecule has 0 unspecified atom stereocenters. The fourth-order valence-electron chi connectivity index (χ4n) is 2.26. The number of hydrogen-bond acceptors (Lipinski definition) is 3. The van der Waals surface area contributed by atoms with Crippen LogP contribution in [0.2, 0.25) is 0 Å². The van der Waals surface area contributed by atoms with Crippen LogP contribution in [0.4, 0.5) is 4.39 Å². The summed E-state index contributed by atoms with van der Waals surface area (Å²) in [6.07, 6.45) is 0.631. The van der Waals surface area contributed by atoms with Gasteiger partial charge in [-0.05, 0) is 49.3 Å². The Kier molecular flexibility index (Phi) is 3.73. The summed E-state index contributed by atoms with van der Waals surface area (Å²) in [6.45, 7) is 2.44. The molecule has 3 aromatic rings. The molecule has 1 aromatic carbocycles. The van der Waals surface area contributed by atoms with Crippen molar-refractivity contribution >= 4 is 33.8 Å². The third-order valence-electron chi connectivity index (χ3n) is 3.33. The van der Waals surface area contributed by atoms with Gasteiger partial charge in [-0.2, -0.15) is 0 Å². The van der Waals surface area contributed by atoms with Gasteiger partial charge in [0.25, 0.3) is 5.56 Å². The van der Waals surface area contributed by atoms with E-state index in [0.29, 0.717) is 23.1 Å². The minimum atomic E-state index is -0.261. The predicted molar refractivity (Wildman–Crippen MR) is 86.1 cm³/mol. The summed E-state index contributed by atoms with van der Waals surface area (Å²) in [5.41, 5.74) is 0.902. The summed E-state index contributed by atoms with van der Waals surface area (Å²) in [4.78, 5) is 17.5. The molecule has 0 saturated heterocycles. The van der Waals surface area contributed by atoms with Crippen LogP contribution in [0.3, 0.4) is 0 Å². The number of aryl methyl sites for hydroxylation is 2. The van der Waals surface area contributed by atoms with E-state index in [9.17, 15) is 9.18 Å². The Labute approximate surface area is 129 Å². The van der Waals surface area contributed by atoms with Crippen molar-refractivity contribution in [2.24, 2.45) is 0 Å². The van der Waals surface area contributed by atoms with E-state index in [4.69, 9.17) is 12.2 Å². The first-order valence-electron chi connectivity index (χ1n) is 6.52. The van der Waals surface area contributed by atoms with Gasteiger partial charge in [0, 0.05) is 11.4 Å². The fourth-order valence-corrected chi connectivity index (χ4v) is 3.51. The Bertz CT molecular complexity index is 906. The van der Waals surface area contributed by atoms with Crippen LogP contribution in [-0.2, 0) is 13.0 Å². The average molecular weight is 320 g/mol. The Morgan fingerprint density at radius 3 is 2.76 bits per heavy atom. The van der Waals surface area contributed by atoms with Crippen LogP contribution in [0.15, 0.2) is 35.1 Å². The van der Waals surface area contributed by atoms with Gasteiger partial charge in [0.1, 0.15) is 10.6 Å². The van der Waals surface area contributed by atoms with Crippen molar-refractivity contribution in [1.82, 2.24) is 9.55 Å². The quantitative estimate of drug-likeness (QED) is 0.745. The number of nitrogens with one attached hydrogen (secondary N) is 1. The summed E-state index contributed by atoms with van der Waals surface area (Å²) in [5, 5.41) is 0.671. The van der Waals surface area contributed by atoms with E-state index in [0.717, 1.165) is 15.3 Å². The van der Waals surface area contributed by atoms with Crippen LogP contribution in [0.25, 0.3) is 10.2 Å². The largest absolute Gasteiger partial charge is 0.323 e. The highest BCUT2D eigenvalue weighted by Crippen LogP contribution is 2.19. The first kappa shape index (κ1) is 14.2. The van der Waals surface area contributed by atoms with Crippen molar-refractivity contribution in [3.05, 3.63) is 61.7 Å². The van der Waals surface area contributed by atoms with Gasteiger partial charge < -0.3 is 4.98 Å². The number of fused-ring (bicyclic) bond motifs is 1. The molecule has 0 aliphatic heterocycles. The van der Waals surface area contributed by atoms with Crippen LogP contribution in [-0.4, -0.2) is 9.55 Å². The molecule has 21 heavy (non-hydrogen) atoms. The minimum Gasteiger partial charge on any atom is -0.323 e. The van der Waals surface area contributed by atoms with E-state index in [1.165, 1.54) is 23.5 Å². The zero-order valence-electron chi connectivity index (χ0n) is 11.4. The van der Waals surface area contributed by atoms with Gasteiger partial charge in [-0.3, -0.25) is 9.36 Å². The Morgan fingerprint density at radius 2 is 2.05 bits per heavy atom. The van der Waals surface area contributed by atoms with E-state index in [1.54, 1.807) is 16.7 Å². The van der Waals surface area contributed by atoms with Crippen molar-refractivity contribution in [2.75, 3.05) is 0 Å². The highest BCUT2D eigenvalue weighted by atomic mass is 32.1. The Balaban J connectivity index is 1.95. The molecule has 0 spiro atoms. The zero-order chi connectivity index (χ0) is 15.0. The van der Waals surface area contributed by atoms with Crippen molar-refractivity contribution < 1.29 is 4.39 Å². The second-order valence-corrected chi connectivity index (χ2v) is 6.51. The molecule has 108 valence electrons. The number of halogens is 1. The maximum Gasteiger partial charge on any atom is 0.263 e. The summed E-state index contributed by atoms with van der Waals surface area (Å²) in [7, 11) is 0. The van der Waals surface area contributed by atoms with Crippen molar-refractivity contribution in [2.45, 2.75) is 19.9 Å². The van der Waals surface area contributed by atoms with Gasteiger partial charge >= 0.3 is 0 Å².